The summed E-state index contributed by atoms with van der Waals surface area (Å²) in [5.41, 5.74) is 1.07. The van der Waals surface area contributed by atoms with E-state index >= 15 is 0 Å². The molecule has 1 unspecified atom stereocenters. The lowest BCUT2D eigenvalue weighted by Crippen LogP contribution is -2.49. The van der Waals surface area contributed by atoms with E-state index in [4.69, 9.17) is 9.47 Å². The van der Waals surface area contributed by atoms with Crippen LogP contribution in [0.3, 0.4) is 0 Å². The quantitative estimate of drug-likeness (QED) is 0.475. The van der Waals surface area contributed by atoms with Crippen LogP contribution in [-0.4, -0.2) is 70.6 Å². The lowest BCUT2D eigenvalue weighted by atomic mass is 10.0. The third-order valence-corrected chi connectivity index (χ3v) is 5.73. The lowest BCUT2D eigenvalue weighted by molar-refractivity contribution is -0.140. The third-order valence-electron chi connectivity index (χ3n) is 5.73. The lowest BCUT2D eigenvalue weighted by Gasteiger charge is -2.30. The van der Waals surface area contributed by atoms with Gasteiger partial charge in [-0.2, -0.15) is 0 Å². The molecule has 0 bridgehead atoms. The number of likely N-dealkylation sites (N-methyl/N-ethyl adjacent to an activating group) is 1. The van der Waals surface area contributed by atoms with Crippen LogP contribution in [0.25, 0.3) is 0 Å². The molecular formula is C25H23N5O5. The molecule has 2 aromatic carbocycles. The predicted molar refractivity (Wildman–Crippen MR) is 125 cm³/mol. The van der Waals surface area contributed by atoms with E-state index in [9.17, 15) is 14.7 Å². The molecule has 0 saturated carbocycles. The Kier molecular flexibility index (Phi) is 5.94. The van der Waals surface area contributed by atoms with Crippen molar-refractivity contribution >= 4 is 17.5 Å². The van der Waals surface area contributed by atoms with Crippen LogP contribution >= 0.6 is 0 Å². The Bertz CT molecular complexity index is 1320. The summed E-state index contributed by atoms with van der Waals surface area (Å²) in [5.74, 6) is 5.73. The molecule has 10 nitrogen and oxygen atoms in total. The summed E-state index contributed by atoms with van der Waals surface area (Å²) in [6.45, 7) is 0.287. The van der Waals surface area contributed by atoms with Gasteiger partial charge in [-0.05, 0) is 23.8 Å². The highest BCUT2D eigenvalue weighted by Gasteiger charge is 2.34. The van der Waals surface area contributed by atoms with Gasteiger partial charge in [0.25, 0.3) is 11.8 Å². The number of carbonyl (C=O) groups excluding carboxylic acids is 2. The Morgan fingerprint density at radius 2 is 2.09 bits per heavy atom. The summed E-state index contributed by atoms with van der Waals surface area (Å²) in [4.78, 5) is 31.4. The minimum absolute atomic E-state index is 0.0522. The number of ether oxygens (including phenoxy) is 2. The first-order valence-corrected chi connectivity index (χ1v) is 11.0. The van der Waals surface area contributed by atoms with Crippen molar-refractivity contribution in [3.8, 4) is 17.6 Å². The van der Waals surface area contributed by atoms with E-state index in [0.29, 0.717) is 29.2 Å². The average Bonchev–Trinajstić information content (AvgIpc) is 3.28. The molecule has 0 radical (unpaired) electrons. The van der Waals surface area contributed by atoms with E-state index in [1.807, 2.05) is 30.3 Å². The van der Waals surface area contributed by atoms with Crippen molar-refractivity contribution in [3.63, 3.8) is 0 Å². The summed E-state index contributed by atoms with van der Waals surface area (Å²) in [6, 6.07) is 13.9. The van der Waals surface area contributed by atoms with Crippen molar-refractivity contribution in [2.24, 2.45) is 0 Å². The second-order valence-electron chi connectivity index (χ2n) is 8.46. The van der Waals surface area contributed by atoms with Gasteiger partial charge in [0, 0.05) is 19.0 Å². The van der Waals surface area contributed by atoms with E-state index in [1.165, 1.54) is 4.90 Å². The van der Waals surface area contributed by atoms with Crippen LogP contribution in [0.2, 0.25) is 0 Å². The molecule has 35 heavy (non-hydrogen) atoms. The van der Waals surface area contributed by atoms with Gasteiger partial charge in [0.05, 0.1) is 18.9 Å². The van der Waals surface area contributed by atoms with Gasteiger partial charge < -0.3 is 24.8 Å². The fourth-order valence-corrected chi connectivity index (χ4v) is 3.73. The zero-order chi connectivity index (χ0) is 24.4. The number of anilines is 1. The number of aromatic nitrogens is 3. The second kappa shape index (κ2) is 9.21. The Labute approximate surface area is 201 Å². The van der Waals surface area contributed by atoms with Gasteiger partial charge in [-0.3, -0.25) is 14.7 Å². The number of aromatic amines is 1. The normalized spacial score (nSPS) is 18.3. The number of H-pyrrole nitrogens is 1. The molecule has 3 aromatic rings. The predicted octanol–water partition coefficient (Wildman–Crippen LogP) is 0.662. The van der Waals surface area contributed by atoms with E-state index in [0.717, 1.165) is 5.56 Å². The molecule has 1 fully saturated rings. The first kappa shape index (κ1) is 22.6. The number of fused-ring (bicyclic) bond motifs is 1. The number of aliphatic hydroxyl groups is 1. The molecule has 178 valence electrons. The van der Waals surface area contributed by atoms with Crippen LogP contribution in [0.15, 0.2) is 48.5 Å². The molecule has 1 saturated heterocycles. The molecule has 1 aromatic heterocycles. The van der Waals surface area contributed by atoms with Gasteiger partial charge in [-0.25, -0.2) is 4.98 Å². The van der Waals surface area contributed by atoms with Crippen LogP contribution < -0.4 is 15.0 Å². The minimum Gasteiger partial charge on any atom is -0.489 e. The van der Waals surface area contributed by atoms with Gasteiger partial charge in [0.2, 0.25) is 5.82 Å². The largest absolute Gasteiger partial charge is 0.489 e. The molecule has 10 heteroatoms. The number of amides is 2. The van der Waals surface area contributed by atoms with Crippen molar-refractivity contribution in [1.29, 1.82) is 0 Å². The maximum atomic E-state index is 13.0. The summed E-state index contributed by atoms with van der Waals surface area (Å²) in [5, 5.41) is 19.5. The topological polar surface area (TPSA) is 130 Å². The standard InChI is InChI=1S/C25H23N5O5/c1-30-19-8-7-17(9-10-25(33)14-34-15-25)11-20(19)35-13-18(24(30)32)26-23(31)22-27-21(28-29-22)12-16-5-3-2-4-6-16/h2-8,11,18,33H,12-15H2,1H3,(H,26,31)(H,27,28,29). The number of rotatable bonds is 4. The van der Waals surface area contributed by atoms with Crippen molar-refractivity contribution < 1.29 is 24.2 Å². The second-order valence-corrected chi connectivity index (χ2v) is 8.46. The van der Waals surface area contributed by atoms with Crippen molar-refractivity contribution in [1.82, 2.24) is 20.5 Å². The molecule has 1 atom stereocenters. The summed E-state index contributed by atoms with van der Waals surface area (Å²) in [7, 11) is 1.61. The van der Waals surface area contributed by atoms with Crippen LogP contribution in [0, 0.1) is 11.8 Å². The molecule has 2 aliphatic rings. The average molecular weight is 473 g/mol. The number of hydrogen-bond donors (Lipinski definition) is 3. The van der Waals surface area contributed by atoms with Gasteiger partial charge in [0.1, 0.15) is 24.2 Å². The smallest absolute Gasteiger partial charge is 0.291 e. The Morgan fingerprint density at radius 3 is 2.83 bits per heavy atom. The Morgan fingerprint density at radius 1 is 1.29 bits per heavy atom. The Hall–Kier alpha value is -4.20. The number of hydrogen-bond acceptors (Lipinski definition) is 7. The molecule has 0 aliphatic carbocycles. The molecular weight excluding hydrogens is 450 g/mol. The number of nitrogens with zero attached hydrogens (tertiary/aromatic N) is 3. The van der Waals surface area contributed by atoms with Crippen LogP contribution in [0.5, 0.6) is 5.75 Å². The van der Waals surface area contributed by atoms with E-state index in [-0.39, 0.29) is 31.6 Å². The van der Waals surface area contributed by atoms with Gasteiger partial charge in [-0.1, -0.05) is 42.2 Å². The fraction of sp³-hybridized carbons (Fsp3) is 0.280. The van der Waals surface area contributed by atoms with Crippen LogP contribution in [-0.2, 0) is 16.0 Å². The van der Waals surface area contributed by atoms with Crippen LogP contribution in [0.4, 0.5) is 5.69 Å². The van der Waals surface area contributed by atoms with Crippen molar-refractivity contribution in [2.75, 3.05) is 31.8 Å². The number of nitrogens with one attached hydrogen (secondary N) is 2. The summed E-state index contributed by atoms with van der Waals surface area (Å²) >= 11 is 0. The maximum Gasteiger partial charge on any atom is 0.291 e. The third kappa shape index (κ3) is 4.87. The monoisotopic (exact) mass is 473 g/mol. The van der Waals surface area contributed by atoms with E-state index in [2.05, 4.69) is 32.3 Å². The van der Waals surface area contributed by atoms with Crippen LogP contribution in [0.1, 0.15) is 27.6 Å². The highest BCUT2D eigenvalue weighted by Crippen LogP contribution is 2.31. The van der Waals surface area contributed by atoms with Gasteiger partial charge in [0.15, 0.2) is 5.60 Å². The van der Waals surface area contributed by atoms with Crippen molar-refractivity contribution in [3.05, 3.63) is 71.3 Å². The zero-order valence-electron chi connectivity index (χ0n) is 18.9. The molecule has 2 amide bonds. The molecule has 5 rings (SSSR count). The Balaban J connectivity index is 1.26. The molecule has 2 aliphatic heterocycles. The van der Waals surface area contributed by atoms with Gasteiger partial charge in [-0.15, -0.1) is 5.10 Å². The fourth-order valence-electron chi connectivity index (χ4n) is 3.73. The molecule has 0 spiro atoms. The van der Waals surface area contributed by atoms with E-state index in [1.54, 1.807) is 25.2 Å². The highest BCUT2D eigenvalue weighted by atomic mass is 16.5. The number of benzene rings is 2. The highest BCUT2D eigenvalue weighted by molar-refractivity contribution is 6.02. The molecule has 3 heterocycles. The summed E-state index contributed by atoms with van der Waals surface area (Å²) < 4.78 is 10.9. The summed E-state index contributed by atoms with van der Waals surface area (Å²) in [6.07, 6.45) is 0.500. The maximum absolute atomic E-state index is 13.0. The van der Waals surface area contributed by atoms with Gasteiger partial charge >= 0.3 is 0 Å². The first-order chi connectivity index (χ1) is 16.9. The SMILES string of the molecule is CN1C(=O)C(NC(=O)c2n[nH]c(Cc3ccccc3)n2)COc2cc(C#CC3(O)COC3)ccc21. The zero-order valence-corrected chi connectivity index (χ0v) is 18.9. The first-order valence-electron chi connectivity index (χ1n) is 11.0. The number of carbonyl (C=O) groups is 2. The minimum atomic E-state index is -1.13. The molecule has 3 N–H and O–H groups in total. The van der Waals surface area contributed by atoms with E-state index < -0.39 is 17.6 Å². The van der Waals surface area contributed by atoms with Crippen molar-refractivity contribution in [2.45, 2.75) is 18.1 Å².